The van der Waals surface area contributed by atoms with Crippen LogP contribution in [0, 0.1) is 0 Å². The van der Waals surface area contributed by atoms with Crippen LogP contribution in [0.1, 0.15) is 36.2 Å². The Morgan fingerprint density at radius 2 is 1.72 bits per heavy atom. The van der Waals surface area contributed by atoms with Gasteiger partial charge >= 0.3 is 5.97 Å². The van der Waals surface area contributed by atoms with Crippen LogP contribution in [-0.4, -0.2) is 72.7 Å². The molecule has 2 amide bonds. The molecule has 192 valence electrons. The van der Waals surface area contributed by atoms with E-state index in [9.17, 15) is 14.4 Å². The number of carbonyl (C=O) groups excluding carboxylic acids is 3. The third-order valence-electron chi connectivity index (χ3n) is 5.87. The van der Waals surface area contributed by atoms with Crippen molar-refractivity contribution in [3.63, 3.8) is 0 Å². The van der Waals surface area contributed by atoms with Crippen molar-refractivity contribution in [3.8, 4) is 11.5 Å². The van der Waals surface area contributed by atoms with Gasteiger partial charge < -0.3 is 24.4 Å². The number of benzene rings is 2. The molecule has 0 saturated carbocycles. The van der Waals surface area contributed by atoms with Crippen molar-refractivity contribution in [2.24, 2.45) is 0 Å². The number of carbonyl (C=O) groups is 3. The summed E-state index contributed by atoms with van der Waals surface area (Å²) in [6, 6.07) is 11.4. The molecule has 0 bridgehead atoms. The molecule has 1 aliphatic heterocycles. The number of methoxy groups -OCH3 is 2. The van der Waals surface area contributed by atoms with E-state index in [2.05, 4.69) is 5.32 Å². The predicted molar refractivity (Wildman–Crippen MR) is 139 cm³/mol. The number of rotatable bonds is 11. The quantitative estimate of drug-likeness (QED) is 0.361. The molecule has 3 rings (SSSR count). The minimum absolute atomic E-state index is 0.0545. The molecule has 1 fully saturated rings. The van der Waals surface area contributed by atoms with Crippen molar-refractivity contribution >= 4 is 40.8 Å². The van der Waals surface area contributed by atoms with Crippen LogP contribution in [-0.2, 0) is 20.7 Å². The summed E-state index contributed by atoms with van der Waals surface area (Å²) in [5, 5.41) is 3.21. The van der Waals surface area contributed by atoms with Gasteiger partial charge in [-0.3, -0.25) is 14.5 Å². The highest BCUT2D eigenvalue weighted by Gasteiger charge is 2.42. The molecule has 36 heavy (non-hydrogen) atoms. The molecule has 0 radical (unpaired) electrons. The fourth-order valence-electron chi connectivity index (χ4n) is 4.01. The number of thiocarbonyl (C=S) groups is 1. The average Bonchev–Trinajstić information content (AvgIpc) is 3.10. The van der Waals surface area contributed by atoms with Crippen LogP contribution in [0.15, 0.2) is 42.5 Å². The topological polar surface area (TPSA) is 97.4 Å². The first-order valence-electron chi connectivity index (χ1n) is 11.7. The highest BCUT2D eigenvalue weighted by atomic mass is 32.1. The molecule has 0 aliphatic carbocycles. The van der Waals surface area contributed by atoms with Crippen molar-refractivity contribution in [1.29, 1.82) is 0 Å². The molecule has 1 aliphatic rings. The molecule has 2 aromatic carbocycles. The van der Waals surface area contributed by atoms with Gasteiger partial charge in [-0.1, -0.05) is 6.07 Å². The monoisotopic (exact) mass is 513 g/mol. The number of nitrogens with one attached hydrogen (secondary N) is 1. The van der Waals surface area contributed by atoms with Crippen LogP contribution in [0.4, 0.5) is 5.69 Å². The molecular weight excluding hydrogens is 482 g/mol. The van der Waals surface area contributed by atoms with Gasteiger partial charge in [-0.15, -0.1) is 0 Å². The maximum Gasteiger partial charge on any atom is 0.338 e. The summed E-state index contributed by atoms with van der Waals surface area (Å²) in [6.45, 7) is 4.76. The summed E-state index contributed by atoms with van der Waals surface area (Å²) in [4.78, 5) is 41.0. The highest BCUT2D eigenvalue weighted by molar-refractivity contribution is 7.80. The number of likely N-dealkylation sites (N-methyl/N-ethyl adjacent to an activating group) is 1. The van der Waals surface area contributed by atoms with E-state index in [1.165, 1.54) is 4.90 Å². The second kappa shape index (κ2) is 12.3. The molecule has 0 spiro atoms. The molecule has 1 saturated heterocycles. The maximum absolute atomic E-state index is 13.1. The molecular formula is C26H31N3O6S. The van der Waals surface area contributed by atoms with E-state index in [-0.39, 0.29) is 24.8 Å². The Balaban J connectivity index is 1.68. The molecule has 10 heteroatoms. The van der Waals surface area contributed by atoms with Crippen molar-refractivity contribution < 1.29 is 28.6 Å². The first-order chi connectivity index (χ1) is 17.3. The number of hydrogen-bond acceptors (Lipinski definition) is 7. The van der Waals surface area contributed by atoms with Gasteiger partial charge in [0.15, 0.2) is 16.6 Å². The lowest BCUT2D eigenvalue weighted by Crippen LogP contribution is -2.39. The van der Waals surface area contributed by atoms with Gasteiger partial charge in [0.1, 0.15) is 6.04 Å². The molecule has 0 aromatic heterocycles. The Labute approximate surface area is 216 Å². The fourth-order valence-corrected chi connectivity index (χ4v) is 4.45. The lowest BCUT2D eigenvalue weighted by Gasteiger charge is -2.24. The zero-order valence-electron chi connectivity index (χ0n) is 20.9. The number of amides is 2. The lowest BCUT2D eigenvalue weighted by atomic mass is 10.1. The van der Waals surface area contributed by atoms with Gasteiger partial charge in [-0.25, -0.2) is 4.79 Å². The second-order valence-corrected chi connectivity index (χ2v) is 8.43. The van der Waals surface area contributed by atoms with Crippen LogP contribution in [0.3, 0.4) is 0 Å². The number of esters is 1. The van der Waals surface area contributed by atoms with Crippen LogP contribution in [0.25, 0.3) is 0 Å². The van der Waals surface area contributed by atoms with E-state index in [4.69, 9.17) is 26.4 Å². The fraction of sp³-hybridized carbons (Fsp3) is 0.385. The summed E-state index contributed by atoms with van der Waals surface area (Å²) < 4.78 is 15.6. The van der Waals surface area contributed by atoms with Gasteiger partial charge in [0.25, 0.3) is 5.91 Å². The summed E-state index contributed by atoms with van der Waals surface area (Å²) in [5.74, 6) is 0.312. The molecule has 1 N–H and O–H groups in total. The number of anilines is 1. The molecule has 1 atom stereocenters. The first kappa shape index (κ1) is 26.9. The third kappa shape index (κ3) is 6.12. The summed E-state index contributed by atoms with van der Waals surface area (Å²) in [5.41, 5.74) is 1.90. The predicted octanol–water partition coefficient (Wildman–Crippen LogP) is 3.27. The number of hydrogen-bond donors (Lipinski definition) is 1. The van der Waals surface area contributed by atoms with Gasteiger partial charge in [-0.05, 0) is 74.4 Å². The van der Waals surface area contributed by atoms with E-state index in [1.807, 2.05) is 25.1 Å². The van der Waals surface area contributed by atoms with Crippen LogP contribution in [0.5, 0.6) is 11.5 Å². The number of ether oxygens (including phenoxy) is 3. The first-order valence-corrected chi connectivity index (χ1v) is 12.1. The van der Waals surface area contributed by atoms with Crippen molar-refractivity contribution in [1.82, 2.24) is 9.80 Å². The van der Waals surface area contributed by atoms with Crippen LogP contribution >= 0.6 is 12.2 Å². The zero-order valence-corrected chi connectivity index (χ0v) is 21.7. The van der Waals surface area contributed by atoms with Crippen LogP contribution < -0.4 is 14.8 Å². The summed E-state index contributed by atoms with van der Waals surface area (Å²) >= 11 is 5.57. The highest BCUT2D eigenvalue weighted by Crippen LogP contribution is 2.28. The van der Waals surface area contributed by atoms with Crippen molar-refractivity contribution in [2.75, 3.05) is 39.2 Å². The smallest absolute Gasteiger partial charge is 0.338 e. The standard InChI is InChI=1S/C26H31N3O6S/c1-5-28-24(31)20(16-23(30)27-19-10-8-18(9-11-19)25(32)35-6-2)29(26(28)36)14-13-17-7-12-21(33-3)22(15-17)34-4/h7-12,15,20H,5-6,13-14,16H2,1-4H3,(H,27,30)/t20-/m0/s1. The van der Waals surface area contributed by atoms with E-state index in [1.54, 1.807) is 50.3 Å². The van der Waals surface area contributed by atoms with Gasteiger partial charge in [0.05, 0.1) is 32.8 Å². The number of nitrogens with zero attached hydrogens (tertiary/aromatic N) is 2. The summed E-state index contributed by atoms with van der Waals surface area (Å²) in [6.07, 6.45) is 0.541. The van der Waals surface area contributed by atoms with Crippen molar-refractivity contribution in [3.05, 3.63) is 53.6 Å². The minimum Gasteiger partial charge on any atom is -0.493 e. The van der Waals surface area contributed by atoms with Gasteiger partial charge in [-0.2, -0.15) is 0 Å². The molecule has 2 aromatic rings. The summed E-state index contributed by atoms with van der Waals surface area (Å²) in [7, 11) is 3.16. The largest absolute Gasteiger partial charge is 0.493 e. The Hall–Kier alpha value is -3.66. The van der Waals surface area contributed by atoms with Gasteiger partial charge in [0.2, 0.25) is 5.91 Å². The van der Waals surface area contributed by atoms with E-state index in [0.717, 1.165) is 5.56 Å². The zero-order chi connectivity index (χ0) is 26.2. The molecule has 9 nitrogen and oxygen atoms in total. The lowest BCUT2D eigenvalue weighted by molar-refractivity contribution is -0.130. The van der Waals surface area contributed by atoms with Gasteiger partial charge in [0, 0.05) is 18.8 Å². The normalized spacial score (nSPS) is 15.2. The second-order valence-electron chi connectivity index (χ2n) is 8.06. The third-order valence-corrected chi connectivity index (χ3v) is 6.32. The Kier molecular flexibility index (Phi) is 9.24. The Morgan fingerprint density at radius 3 is 2.33 bits per heavy atom. The Bertz CT molecular complexity index is 1120. The molecule has 1 heterocycles. The minimum atomic E-state index is -0.698. The SMILES string of the molecule is CCOC(=O)c1ccc(NC(=O)C[C@H]2C(=O)N(CC)C(=S)N2CCc2ccc(OC)c(OC)c2)cc1. The van der Waals surface area contributed by atoms with Crippen molar-refractivity contribution in [2.45, 2.75) is 32.7 Å². The average molecular weight is 514 g/mol. The maximum atomic E-state index is 13.1. The van der Waals surface area contributed by atoms with Crippen LogP contribution in [0.2, 0.25) is 0 Å². The van der Waals surface area contributed by atoms with E-state index < -0.39 is 12.0 Å². The molecule has 0 unspecified atom stereocenters. The van der Waals surface area contributed by atoms with E-state index in [0.29, 0.717) is 47.4 Å². The van der Waals surface area contributed by atoms with E-state index >= 15 is 0 Å². The Morgan fingerprint density at radius 1 is 1.03 bits per heavy atom.